The number of aryl methyl sites for hydroxylation is 1. The van der Waals surface area contributed by atoms with Crippen LogP contribution < -0.4 is 14.2 Å². The van der Waals surface area contributed by atoms with Crippen LogP contribution in [0.5, 0.6) is 11.6 Å². The van der Waals surface area contributed by atoms with Crippen molar-refractivity contribution < 1.29 is 17.9 Å². The van der Waals surface area contributed by atoms with Crippen LogP contribution in [0.25, 0.3) is 17.0 Å². The van der Waals surface area contributed by atoms with Crippen LogP contribution in [-0.4, -0.2) is 48.5 Å². The number of rotatable bonds is 8. The molecule has 0 spiro atoms. The molecule has 0 aliphatic heterocycles. The molecule has 2 aromatic carbocycles. The highest BCUT2D eigenvalue weighted by molar-refractivity contribution is 7.89. The van der Waals surface area contributed by atoms with Crippen LogP contribution in [0.15, 0.2) is 53.4 Å². The van der Waals surface area contributed by atoms with E-state index in [2.05, 4.69) is 20.0 Å². The van der Waals surface area contributed by atoms with Gasteiger partial charge < -0.3 is 9.47 Å². The summed E-state index contributed by atoms with van der Waals surface area (Å²) < 4.78 is 41.0. The van der Waals surface area contributed by atoms with Gasteiger partial charge in [-0.1, -0.05) is 30.3 Å². The summed E-state index contributed by atoms with van der Waals surface area (Å²) in [5.41, 5.74) is 3.68. The molecule has 0 aliphatic carbocycles. The first-order valence-electron chi connectivity index (χ1n) is 10.4. The third-order valence-corrected chi connectivity index (χ3v) is 6.97. The number of aromatic nitrogens is 4. The summed E-state index contributed by atoms with van der Waals surface area (Å²) in [7, 11) is -2.14. The van der Waals surface area contributed by atoms with Crippen LogP contribution in [0.1, 0.15) is 16.7 Å². The van der Waals surface area contributed by atoms with E-state index in [9.17, 15) is 8.42 Å². The summed E-state index contributed by atoms with van der Waals surface area (Å²) in [5, 5.41) is 12.8. The summed E-state index contributed by atoms with van der Waals surface area (Å²) >= 11 is 0. The van der Waals surface area contributed by atoms with Gasteiger partial charge in [-0.2, -0.15) is 4.52 Å². The largest absolute Gasteiger partial charge is 0.496 e. The van der Waals surface area contributed by atoms with Gasteiger partial charge in [-0.25, -0.2) is 13.1 Å². The Hall–Kier alpha value is -3.50. The zero-order valence-electron chi connectivity index (χ0n) is 18.9. The number of nitrogens with zero attached hydrogens (tertiary/aromatic N) is 4. The first kappa shape index (κ1) is 22.7. The van der Waals surface area contributed by atoms with Crippen molar-refractivity contribution in [2.75, 3.05) is 20.3 Å². The van der Waals surface area contributed by atoms with Gasteiger partial charge in [-0.3, -0.25) is 0 Å². The summed E-state index contributed by atoms with van der Waals surface area (Å²) in [6.07, 6.45) is 0. The van der Waals surface area contributed by atoms with E-state index < -0.39 is 10.0 Å². The van der Waals surface area contributed by atoms with E-state index in [0.717, 1.165) is 16.7 Å². The molecule has 4 aromatic rings. The average molecular weight is 468 g/mol. The van der Waals surface area contributed by atoms with Crippen LogP contribution in [0.3, 0.4) is 0 Å². The average Bonchev–Trinajstić information content (AvgIpc) is 3.23. The van der Waals surface area contributed by atoms with Gasteiger partial charge in [0, 0.05) is 18.2 Å². The molecule has 0 amide bonds. The van der Waals surface area contributed by atoms with E-state index in [0.29, 0.717) is 28.7 Å². The lowest BCUT2D eigenvalue weighted by Gasteiger charge is -2.16. The highest BCUT2D eigenvalue weighted by Gasteiger charge is 2.21. The van der Waals surface area contributed by atoms with Gasteiger partial charge in [0.25, 0.3) is 0 Å². The fraction of sp³-hybridized carbons (Fsp3) is 0.261. The third kappa shape index (κ3) is 4.53. The molecule has 0 saturated heterocycles. The zero-order chi connectivity index (χ0) is 23.6. The number of nitrogens with one attached hydrogen (secondary N) is 1. The minimum absolute atomic E-state index is 0.0827. The number of hydrogen-bond acceptors (Lipinski definition) is 7. The van der Waals surface area contributed by atoms with Crippen molar-refractivity contribution in [3.05, 3.63) is 65.2 Å². The molecule has 33 heavy (non-hydrogen) atoms. The second-order valence-electron chi connectivity index (χ2n) is 7.55. The van der Waals surface area contributed by atoms with Crippen molar-refractivity contribution in [2.45, 2.75) is 25.7 Å². The molecule has 0 unspecified atom stereocenters. The van der Waals surface area contributed by atoms with Crippen LogP contribution in [0.2, 0.25) is 0 Å². The maximum atomic E-state index is 12.9. The highest BCUT2D eigenvalue weighted by Crippen LogP contribution is 2.30. The predicted octanol–water partition coefficient (Wildman–Crippen LogP) is 3.08. The number of fused-ring (bicyclic) bond motifs is 1. The van der Waals surface area contributed by atoms with Crippen molar-refractivity contribution in [3.8, 4) is 23.0 Å². The number of sulfonamides is 1. The monoisotopic (exact) mass is 467 g/mol. The second kappa shape index (κ2) is 9.16. The molecule has 0 fully saturated rings. The lowest BCUT2D eigenvalue weighted by molar-refractivity contribution is 0.306. The molecule has 0 saturated carbocycles. The van der Waals surface area contributed by atoms with Gasteiger partial charge in [0.05, 0.1) is 12.0 Å². The molecule has 0 aliphatic rings. The Bertz CT molecular complexity index is 1400. The SMILES string of the molecule is COc1c(C)cc(S(=O)(=O)NCCOc2ccc3nnc(-c4ccccc4)n3n2)c(C)c1C. The van der Waals surface area contributed by atoms with E-state index in [-0.39, 0.29) is 18.0 Å². The number of benzene rings is 2. The number of hydrogen-bond donors (Lipinski definition) is 1. The molecular weight excluding hydrogens is 442 g/mol. The quantitative estimate of drug-likeness (QED) is 0.397. The third-order valence-electron chi connectivity index (χ3n) is 5.39. The van der Waals surface area contributed by atoms with E-state index in [1.54, 1.807) is 36.7 Å². The zero-order valence-corrected chi connectivity index (χ0v) is 19.7. The fourth-order valence-corrected chi connectivity index (χ4v) is 5.04. The molecular formula is C23H25N5O4S. The molecule has 1 N–H and O–H groups in total. The lowest BCUT2D eigenvalue weighted by Crippen LogP contribution is -2.29. The van der Waals surface area contributed by atoms with Crippen molar-refractivity contribution in [2.24, 2.45) is 0 Å². The Balaban J connectivity index is 1.45. The maximum Gasteiger partial charge on any atom is 0.240 e. The minimum Gasteiger partial charge on any atom is -0.496 e. The van der Waals surface area contributed by atoms with Gasteiger partial charge >= 0.3 is 0 Å². The first-order valence-corrected chi connectivity index (χ1v) is 11.9. The van der Waals surface area contributed by atoms with Gasteiger partial charge in [-0.15, -0.1) is 15.3 Å². The fourth-order valence-electron chi connectivity index (χ4n) is 3.64. The van der Waals surface area contributed by atoms with E-state index in [1.165, 1.54) is 0 Å². The Labute approximate surface area is 192 Å². The smallest absolute Gasteiger partial charge is 0.240 e. The summed E-state index contributed by atoms with van der Waals surface area (Å²) in [5.74, 6) is 1.63. The number of methoxy groups -OCH3 is 1. The molecule has 4 rings (SSSR count). The van der Waals surface area contributed by atoms with Crippen molar-refractivity contribution >= 4 is 15.7 Å². The van der Waals surface area contributed by atoms with Gasteiger partial charge in [-0.05, 0) is 49.6 Å². The number of ether oxygens (including phenoxy) is 2. The van der Waals surface area contributed by atoms with Crippen LogP contribution in [-0.2, 0) is 10.0 Å². The first-order chi connectivity index (χ1) is 15.8. The normalized spacial score (nSPS) is 11.6. The maximum absolute atomic E-state index is 12.9. The Morgan fingerprint density at radius 2 is 1.76 bits per heavy atom. The van der Waals surface area contributed by atoms with E-state index in [4.69, 9.17) is 9.47 Å². The van der Waals surface area contributed by atoms with Crippen molar-refractivity contribution in [3.63, 3.8) is 0 Å². The molecule has 2 aromatic heterocycles. The highest BCUT2D eigenvalue weighted by atomic mass is 32.2. The van der Waals surface area contributed by atoms with Gasteiger partial charge in [0.15, 0.2) is 11.5 Å². The van der Waals surface area contributed by atoms with Gasteiger partial charge in [0.2, 0.25) is 15.9 Å². The molecule has 10 heteroatoms. The minimum atomic E-state index is -3.71. The van der Waals surface area contributed by atoms with Gasteiger partial charge in [0.1, 0.15) is 12.4 Å². The predicted molar refractivity (Wildman–Crippen MR) is 124 cm³/mol. The van der Waals surface area contributed by atoms with Crippen LogP contribution in [0, 0.1) is 20.8 Å². The Kier molecular flexibility index (Phi) is 6.30. The molecule has 172 valence electrons. The standard InChI is InChI=1S/C23H25N5O4S/c1-15-14-19(16(2)17(3)22(15)31-4)33(29,30)24-12-13-32-21-11-10-20-25-26-23(28(20)27-21)18-8-6-5-7-9-18/h5-11,14,24H,12-13H2,1-4H3. The summed E-state index contributed by atoms with van der Waals surface area (Å²) in [6, 6.07) is 14.6. The van der Waals surface area contributed by atoms with Crippen molar-refractivity contribution in [1.29, 1.82) is 0 Å². The van der Waals surface area contributed by atoms with E-state index >= 15 is 0 Å². The van der Waals surface area contributed by atoms with Crippen LogP contribution in [0.4, 0.5) is 0 Å². The molecule has 0 atom stereocenters. The van der Waals surface area contributed by atoms with E-state index in [1.807, 2.05) is 44.2 Å². The Morgan fingerprint density at radius 1 is 1.00 bits per heavy atom. The summed E-state index contributed by atoms with van der Waals surface area (Å²) in [4.78, 5) is 0.231. The molecule has 0 bridgehead atoms. The molecule has 0 radical (unpaired) electrons. The van der Waals surface area contributed by atoms with Crippen molar-refractivity contribution in [1.82, 2.24) is 24.5 Å². The summed E-state index contributed by atoms with van der Waals surface area (Å²) in [6.45, 7) is 5.63. The molecule has 2 heterocycles. The second-order valence-corrected chi connectivity index (χ2v) is 9.29. The topological polar surface area (TPSA) is 108 Å². The molecule has 9 nitrogen and oxygen atoms in total. The van der Waals surface area contributed by atoms with Crippen LogP contribution >= 0.6 is 0 Å². The lowest BCUT2D eigenvalue weighted by atomic mass is 10.1. The Morgan fingerprint density at radius 3 is 2.48 bits per heavy atom.